The van der Waals surface area contributed by atoms with Crippen molar-refractivity contribution in [1.29, 1.82) is 0 Å². The smallest absolute Gasteiger partial charge is 0.257 e. The molecule has 3 heterocycles. The van der Waals surface area contributed by atoms with E-state index in [1.165, 1.54) is 0 Å². The number of rotatable bonds is 5. The number of carbonyl (C=O) groups excluding carboxylic acids is 2. The second-order valence-corrected chi connectivity index (χ2v) is 7.91. The number of amides is 2. The molecule has 2 N–H and O–H groups in total. The molecule has 0 spiro atoms. The lowest BCUT2D eigenvalue weighted by Gasteiger charge is -2.32. The van der Waals surface area contributed by atoms with E-state index in [9.17, 15) is 9.59 Å². The molecule has 0 bridgehead atoms. The van der Waals surface area contributed by atoms with Crippen molar-refractivity contribution in [2.45, 2.75) is 52.9 Å². The molecule has 1 aliphatic heterocycles. The zero-order chi connectivity index (χ0) is 20.4. The van der Waals surface area contributed by atoms with Crippen LogP contribution in [0, 0.1) is 19.8 Å². The highest BCUT2D eigenvalue weighted by atomic mass is 16.2. The van der Waals surface area contributed by atoms with Crippen LogP contribution in [-0.4, -0.2) is 49.6 Å². The van der Waals surface area contributed by atoms with Gasteiger partial charge in [-0.25, -0.2) is 14.6 Å². The minimum Gasteiger partial charge on any atom is -0.370 e. The summed E-state index contributed by atoms with van der Waals surface area (Å²) in [7, 11) is 0. The molecule has 8 heteroatoms. The van der Waals surface area contributed by atoms with Gasteiger partial charge in [-0.05, 0) is 44.6 Å². The number of nitrogens with zero attached hydrogens (tertiary/aromatic N) is 5. The molecule has 1 aliphatic rings. The zero-order valence-electron chi connectivity index (χ0n) is 17.0. The van der Waals surface area contributed by atoms with E-state index in [0.717, 1.165) is 29.9 Å². The van der Waals surface area contributed by atoms with E-state index in [0.29, 0.717) is 31.0 Å². The van der Waals surface area contributed by atoms with Crippen LogP contribution in [0.25, 0.3) is 5.95 Å². The van der Waals surface area contributed by atoms with Crippen LogP contribution >= 0.6 is 0 Å². The van der Waals surface area contributed by atoms with Gasteiger partial charge in [0.1, 0.15) is 0 Å². The molecule has 1 unspecified atom stereocenters. The Hall–Kier alpha value is -2.77. The number of piperidine rings is 1. The number of carbonyl (C=O) groups is 2. The summed E-state index contributed by atoms with van der Waals surface area (Å²) in [5, 5.41) is 4.62. The lowest BCUT2D eigenvalue weighted by Crippen LogP contribution is -2.41. The van der Waals surface area contributed by atoms with Gasteiger partial charge < -0.3 is 10.6 Å². The molecule has 1 fully saturated rings. The molecule has 2 amide bonds. The number of hydrogen-bond donors (Lipinski definition) is 1. The molecule has 0 saturated carbocycles. The average Bonchev–Trinajstić information content (AvgIpc) is 3.05. The Bertz CT molecular complexity index is 869. The summed E-state index contributed by atoms with van der Waals surface area (Å²) in [5.74, 6) is 0.284. The molecular weight excluding hydrogens is 356 g/mol. The van der Waals surface area contributed by atoms with Crippen LogP contribution < -0.4 is 5.73 Å². The van der Waals surface area contributed by atoms with Crippen molar-refractivity contribution in [2.24, 2.45) is 11.7 Å². The first-order valence-corrected chi connectivity index (χ1v) is 9.74. The minimum atomic E-state index is -0.318. The number of primary amides is 1. The lowest BCUT2D eigenvalue weighted by atomic mass is 9.94. The topological polar surface area (TPSA) is 107 Å². The summed E-state index contributed by atoms with van der Waals surface area (Å²) in [4.78, 5) is 35.2. The maximum absolute atomic E-state index is 13.3. The average molecular weight is 384 g/mol. The molecular formula is C20H28N6O2. The van der Waals surface area contributed by atoms with E-state index in [1.807, 2.05) is 38.7 Å². The molecule has 2 aromatic rings. The third kappa shape index (κ3) is 4.37. The monoisotopic (exact) mass is 384 g/mol. The maximum atomic E-state index is 13.3. The van der Waals surface area contributed by atoms with E-state index in [4.69, 9.17) is 5.73 Å². The number of aryl methyl sites for hydroxylation is 2. The summed E-state index contributed by atoms with van der Waals surface area (Å²) < 4.78 is 1.59. The van der Waals surface area contributed by atoms with E-state index >= 15 is 0 Å². The summed E-state index contributed by atoms with van der Waals surface area (Å²) in [5.41, 5.74) is 8.33. The largest absolute Gasteiger partial charge is 0.370 e. The molecule has 1 saturated heterocycles. The van der Waals surface area contributed by atoms with Gasteiger partial charge in [-0.15, -0.1) is 0 Å². The second kappa shape index (κ2) is 8.08. The molecule has 0 radical (unpaired) electrons. The first kappa shape index (κ1) is 20.0. The normalized spacial score (nSPS) is 17.2. The van der Waals surface area contributed by atoms with Crippen LogP contribution in [0.3, 0.4) is 0 Å². The molecule has 0 aromatic carbocycles. The van der Waals surface area contributed by atoms with Crippen molar-refractivity contribution in [1.82, 2.24) is 24.6 Å². The molecule has 150 valence electrons. The van der Waals surface area contributed by atoms with Gasteiger partial charge in [0, 0.05) is 37.1 Å². The quantitative estimate of drug-likeness (QED) is 0.850. The Morgan fingerprint density at radius 3 is 2.54 bits per heavy atom. The number of aromatic nitrogens is 4. The Morgan fingerprint density at radius 1 is 1.25 bits per heavy atom. The van der Waals surface area contributed by atoms with Crippen molar-refractivity contribution in [3.63, 3.8) is 0 Å². The molecule has 8 nitrogen and oxygen atoms in total. The third-order valence-corrected chi connectivity index (χ3v) is 4.99. The summed E-state index contributed by atoms with van der Waals surface area (Å²) in [6, 6.07) is 1.90. The second-order valence-electron chi connectivity index (χ2n) is 7.91. The van der Waals surface area contributed by atoms with E-state index < -0.39 is 0 Å². The Morgan fingerprint density at radius 2 is 1.93 bits per heavy atom. The van der Waals surface area contributed by atoms with Gasteiger partial charge in [0.15, 0.2) is 0 Å². The van der Waals surface area contributed by atoms with E-state index in [2.05, 4.69) is 15.1 Å². The van der Waals surface area contributed by atoms with E-state index in [-0.39, 0.29) is 23.7 Å². The van der Waals surface area contributed by atoms with Crippen molar-refractivity contribution in [3.05, 3.63) is 34.9 Å². The van der Waals surface area contributed by atoms with Crippen LogP contribution in [0.2, 0.25) is 0 Å². The third-order valence-electron chi connectivity index (χ3n) is 4.99. The Balaban J connectivity index is 1.91. The standard InChI is InChI=1S/C20H28N6O2/c1-12(2)18-16(11-26(24-18)20-22-13(3)8-14(4)23-20)19(28)25-7-5-6-15(10-25)9-17(21)27/h8,11-12,15H,5-7,9-10H2,1-4H3,(H2,21,27). The molecule has 28 heavy (non-hydrogen) atoms. The van der Waals surface area contributed by atoms with Crippen LogP contribution in [0.5, 0.6) is 0 Å². The van der Waals surface area contributed by atoms with Gasteiger partial charge in [0.25, 0.3) is 11.9 Å². The zero-order valence-corrected chi connectivity index (χ0v) is 17.0. The first-order valence-electron chi connectivity index (χ1n) is 9.74. The van der Waals surface area contributed by atoms with Crippen LogP contribution in [-0.2, 0) is 4.79 Å². The predicted molar refractivity (Wildman–Crippen MR) is 105 cm³/mol. The molecule has 3 rings (SSSR count). The SMILES string of the molecule is Cc1cc(C)nc(-n2cc(C(=O)N3CCCC(CC(N)=O)C3)c(C(C)C)n2)n1. The fraction of sp³-hybridized carbons (Fsp3) is 0.550. The Labute approximate surface area is 165 Å². The van der Waals surface area contributed by atoms with Gasteiger partial charge in [0.05, 0.1) is 11.3 Å². The van der Waals surface area contributed by atoms with Gasteiger partial charge in [0.2, 0.25) is 5.91 Å². The van der Waals surface area contributed by atoms with Crippen molar-refractivity contribution in [2.75, 3.05) is 13.1 Å². The Kier molecular flexibility index (Phi) is 5.76. The number of hydrogen-bond acceptors (Lipinski definition) is 5. The summed E-state index contributed by atoms with van der Waals surface area (Å²) in [6.45, 7) is 9.06. The van der Waals surface area contributed by atoms with Gasteiger partial charge in [-0.2, -0.15) is 5.10 Å². The fourth-order valence-electron chi connectivity index (χ4n) is 3.76. The van der Waals surface area contributed by atoms with Crippen LogP contribution in [0.1, 0.15) is 66.5 Å². The predicted octanol–water partition coefficient (Wildman–Crippen LogP) is 2.13. The van der Waals surface area contributed by atoms with Gasteiger partial charge >= 0.3 is 0 Å². The molecule has 2 aromatic heterocycles. The number of likely N-dealkylation sites (tertiary alicyclic amines) is 1. The van der Waals surface area contributed by atoms with Crippen molar-refractivity contribution < 1.29 is 9.59 Å². The van der Waals surface area contributed by atoms with Crippen molar-refractivity contribution in [3.8, 4) is 5.95 Å². The van der Waals surface area contributed by atoms with Gasteiger partial charge in [-0.3, -0.25) is 9.59 Å². The first-order chi connectivity index (χ1) is 13.2. The maximum Gasteiger partial charge on any atom is 0.257 e. The fourth-order valence-corrected chi connectivity index (χ4v) is 3.76. The molecule has 1 atom stereocenters. The van der Waals surface area contributed by atoms with E-state index in [1.54, 1.807) is 10.9 Å². The highest BCUT2D eigenvalue weighted by Crippen LogP contribution is 2.25. The molecule has 0 aliphatic carbocycles. The van der Waals surface area contributed by atoms with Gasteiger partial charge in [-0.1, -0.05) is 13.8 Å². The van der Waals surface area contributed by atoms with Crippen molar-refractivity contribution >= 4 is 11.8 Å². The highest BCUT2D eigenvalue weighted by Gasteiger charge is 2.29. The lowest BCUT2D eigenvalue weighted by molar-refractivity contribution is -0.119. The summed E-state index contributed by atoms with van der Waals surface area (Å²) >= 11 is 0. The summed E-state index contributed by atoms with van der Waals surface area (Å²) in [6.07, 6.45) is 3.83. The van der Waals surface area contributed by atoms with Crippen LogP contribution in [0.4, 0.5) is 0 Å². The highest BCUT2D eigenvalue weighted by molar-refractivity contribution is 5.95. The number of nitrogens with two attached hydrogens (primary N) is 1. The minimum absolute atomic E-state index is 0.0616. The van der Waals surface area contributed by atoms with Crippen LogP contribution in [0.15, 0.2) is 12.3 Å².